The number of ether oxygens (including phenoxy) is 2. The highest BCUT2D eigenvalue weighted by molar-refractivity contribution is 7.18. The maximum Gasteiger partial charge on any atom is 0.259 e. The van der Waals surface area contributed by atoms with Crippen LogP contribution in [0, 0.1) is 0 Å². The Balaban J connectivity index is 1.56. The van der Waals surface area contributed by atoms with Gasteiger partial charge >= 0.3 is 0 Å². The lowest BCUT2D eigenvalue weighted by atomic mass is 9.97. The molecule has 0 radical (unpaired) electrons. The van der Waals surface area contributed by atoms with E-state index in [0.717, 1.165) is 47.9 Å². The van der Waals surface area contributed by atoms with Crippen LogP contribution in [0.15, 0.2) is 23.0 Å². The fourth-order valence-electron chi connectivity index (χ4n) is 4.54. The number of hydrogen-bond donors (Lipinski definition) is 1. The van der Waals surface area contributed by atoms with Crippen LogP contribution in [-0.4, -0.2) is 41.5 Å². The van der Waals surface area contributed by atoms with E-state index in [1.54, 1.807) is 25.6 Å². The zero-order chi connectivity index (χ0) is 24.1. The first-order valence-electron chi connectivity index (χ1n) is 12.1. The molecule has 34 heavy (non-hydrogen) atoms. The minimum absolute atomic E-state index is 0.0792. The Bertz CT molecular complexity index is 1220. The molecule has 0 atom stereocenters. The molecule has 0 unspecified atom stereocenters. The average Bonchev–Trinajstić information content (AvgIpc) is 3.23. The van der Waals surface area contributed by atoms with E-state index in [-0.39, 0.29) is 11.5 Å². The number of aromatic amines is 1. The molecular weight excluding hydrogens is 450 g/mol. The number of benzene rings is 1. The Kier molecular flexibility index (Phi) is 7.88. The lowest BCUT2D eigenvalue weighted by Crippen LogP contribution is -2.33. The number of carbonyl (C=O) groups is 1. The maximum atomic E-state index is 13.0. The second-order valence-electron chi connectivity index (χ2n) is 8.76. The van der Waals surface area contributed by atoms with Gasteiger partial charge in [-0.05, 0) is 61.8 Å². The molecule has 3 aromatic rings. The van der Waals surface area contributed by atoms with E-state index < -0.39 is 0 Å². The highest BCUT2D eigenvalue weighted by atomic mass is 32.1. The van der Waals surface area contributed by atoms with Crippen LogP contribution in [0.5, 0.6) is 11.5 Å². The molecule has 1 aliphatic carbocycles. The predicted molar refractivity (Wildman–Crippen MR) is 135 cm³/mol. The van der Waals surface area contributed by atoms with Gasteiger partial charge in [0.25, 0.3) is 5.56 Å². The van der Waals surface area contributed by atoms with Crippen LogP contribution in [0.25, 0.3) is 10.2 Å². The van der Waals surface area contributed by atoms with Crippen molar-refractivity contribution < 1.29 is 14.3 Å². The zero-order valence-electron chi connectivity index (χ0n) is 20.2. The molecule has 0 spiro atoms. The number of thiophene rings is 1. The number of methoxy groups -OCH3 is 2. The monoisotopic (exact) mass is 483 g/mol. The largest absolute Gasteiger partial charge is 0.493 e. The molecule has 0 saturated heterocycles. The summed E-state index contributed by atoms with van der Waals surface area (Å²) in [7, 11) is 3.23. The number of amides is 1. The lowest BCUT2D eigenvalue weighted by Gasteiger charge is -2.22. The van der Waals surface area contributed by atoms with Crippen molar-refractivity contribution in [1.29, 1.82) is 0 Å². The Morgan fingerprint density at radius 2 is 1.97 bits per heavy atom. The van der Waals surface area contributed by atoms with Crippen LogP contribution in [0.4, 0.5) is 0 Å². The number of H-pyrrole nitrogens is 1. The van der Waals surface area contributed by atoms with Crippen molar-refractivity contribution in [3.63, 3.8) is 0 Å². The molecule has 4 rings (SSSR count). The fourth-order valence-corrected chi connectivity index (χ4v) is 5.82. The minimum Gasteiger partial charge on any atom is -0.493 e. The van der Waals surface area contributed by atoms with Crippen molar-refractivity contribution in [2.45, 2.75) is 64.8 Å². The summed E-state index contributed by atoms with van der Waals surface area (Å²) in [5.74, 6) is 1.97. The number of fused-ring (bicyclic) bond motifs is 3. The van der Waals surface area contributed by atoms with Gasteiger partial charge in [-0.1, -0.05) is 19.4 Å². The van der Waals surface area contributed by atoms with Gasteiger partial charge in [-0.25, -0.2) is 4.98 Å². The zero-order valence-corrected chi connectivity index (χ0v) is 21.1. The van der Waals surface area contributed by atoms with E-state index in [0.29, 0.717) is 43.3 Å². The summed E-state index contributed by atoms with van der Waals surface area (Å²) in [6, 6.07) is 5.80. The molecule has 182 valence electrons. The molecule has 0 aliphatic heterocycles. The van der Waals surface area contributed by atoms with Crippen molar-refractivity contribution in [2.24, 2.45) is 0 Å². The number of aryl methyl sites for hydroxylation is 2. The Labute approximate surface area is 204 Å². The van der Waals surface area contributed by atoms with Crippen molar-refractivity contribution in [1.82, 2.24) is 14.9 Å². The standard InChI is InChI=1S/C26H33N3O4S/c1-4-5-10-23(30)29(14-13-17-11-12-19(32-2)20(15-17)33-3)16-22-27-25(31)24-18-8-6-7-9-21(18)34-26(24)28-22/h11-12,15H,4-10,13-14,16H2,1-3H3,(H,27,28,31). The summed E-state index contributed by atoms with van der Waals surface area (Å²) in [5.41, 5.74) is 2.14. The van der Waals surface area contributed by atoms with Crippen LogP contribution < -0.4 is 15.0 Å². The summed E-state index contributed by atoms with van der Waals surface area (Å²) in [5, 5.41) is 0.748. The lowest BCUT2D eigenvalue weighted by molar-refractivity contribution is -0.132. The third kappa shape index (κ3) is 5.27. The van der Waals surface area contributed by atoms with E-state index in [1.165, 1.54) is 16.9 Å². The molecule has 1 aromatic carbocycles. The summed E-state index contributed by atoms with van der Waals surface area (Å²) < 4.78 is 10.7. The number of nitrogens with one attached hydrogen (secondary N) is 1. The van der Waals surface area contributed by atoms with E-state index >= 15 is 0 Å². The Hall–Kier alpha value is -2.87. The molecule has 1 N–H and O–H groups in total. The van der Waals surface area contributed by atoms with Crippen LogP contribution in [-0.2, 0) is 30.6 Å². The smallest absolute Gasteiger partial charge is 0.259 e. The summed E-state index contributed by atoms with van der Waals surface area (Å²) in [6.45, 7) is 2.90. The molecule has 1 amide bonds. The van der Waals surface area contributed by atoms with Crippen molar-refractivity contribution in [2.75, 3.05) is 20.8 Å². The van der Waals surface area contributed by atoms with E-state index in [2.05, 4.69) is 11.9 Å². The van der Waals surface area contributed by atoms with Crippen LogP contribution in [0.2, 0.25) is 0 Å². The first-order chi connectivity index (χ1) is 16.5. The van der Waals surface area contributed by atoms with Gasteiger partial charge in [0.05, 0.1) is 26.2 Å². The number of carbonyl (C=O) groups excluding carboxylic acids is 1. The molecule has 8 heteroatoms. The molecule has 1 aliphatic rings. The van der Waals surface area contributed by atoms with Crippen LogP contribution in [0.1, 0.15) is 60.9 Å². The van der Waals surface area contributed by atoms with Crippen LogP contribution in [0.3, 0.4) is 0 Å². The van der Waals surface area contributed by atoms with E-state index in [1.807, 2.05) is 23.1 Å². The number of unbranched alkanes of at least 4 members (excludes halogenated alkanes) is 1. The maximum absolute atomic E-state index is 13.0. The fraction of sp³-hybridized carbons (Fsp3) is 0.500. The summed E-state index contributed by atoms with van der Waals surface area (Å²) in [4.78, 5) is 37.6. The van der Waals surface area contributed by atoms with Gasteiger partial charge in [-0.3, -0.25) is 9.59 Å². The number of aromatic nitrogens is 2. The molecule has 0 saturated carbocycles. The summed E-state index contributed by atoms with van der Waals surface area (Å²) >= 11 is 1.63. The van der Waals surface area contributed by atoms with E-state index in [4.69, 9.17) is 14.5 Å². The quantitative estimate of drug-likeness (QED) is 0.454. The molecule has 0 bridgehead atoms. The Morgan fingerprint density at radius 3 is 2.74 bits per heavy atom. The second kappa shape index (κ2) is 11.0. The normalized spacial score (nSPS) is 13.0. The van der Waals surface area contributed by atoms with Crippen molar-refractivity contribution >= 4 is 27.5 Å². The van der Waals surface area contributed by atoms with Gasteiger partial charge in [-0.2, -0.15) is 0 Å². The van der Waals surface area contributed by atoms with Gasteiger partial charge in [0.2, 0.25) is 5.91 Å². The SMILES string of the molecule is CCCCC(=O)N(CCc1ccc(OC)c(OC)c1)Cc1nc2sc3c(c2c(=O)[nH]1)CCCC3. The second-order valence-corrected chi connectivity index (χ2v) is 9.85. The van der Waals surface area contributed by atoms with Gasteiger partial charge in [0.1, 0.15) is 10.7 Å². The van der Waals surface area contributed by atoms with Crippen LogP contribution >= 0.6 is 11.3 Å². The molecule has 2 heterocycles. The van der Waals surface area contributed by atoms with Gasteiger partial charge < -0.3 is 19.4 Å². The predicted octanol–water partition coefficient (Wildman–Crippen LogP) is 4.64. The molecule has 7 nitrogen and oxygen atoms in total. The molecule has 2 aromatic heterocycles. The third-order valence-corrected chi connectivity index (χ3v) is 7.62. The van der Waals surface area contributed by atoms with Gasteiger partial charge in [-0.15, -0.1) is 11.3 Å². The number of hydrogen-bond acceptors (Lipinski definition) is 6. The molecule has 0 fully saturated rings. The van der Waals surface area contributed by atoms with Crippen molar-refractivity contribution in [3.8, 4) is 11.5 Å². The first-order valence-corrected chi connectivity index (χ1v) is 12.9. The first kappa shape index (κ1) is 24.3. The highest BCUT2D eigenvalue weighted by Gasteiger charge is 2.21. The average molecular weight is 484 g/mol. The van der Waals surface area contributed by atoms with Crippen molar-refractivity contribution in [3.05, 3.63) is 50.4 Å². The van der Waals surface area contributed by atoms with E-state index in [9.17, 15) is 9.59 Å². The number of rotatable bonds is 10. The minimum atomic E-state index is -0.0831. The topological polar surface area (TPSA) is 84.5 Å². The summed E-state index contributed by atoms with van der Waals surface area (Å²) in [6.07, 6.45) is 7.21. The van der Waals surface area contributed by atoms with Gasteiger partial charge in [0, 0.05) is 17.8 Å². The Morgan fingerprint density at radius 1 is 1.18 bits per heavy atom. The highest BCUT2D eigenvalue weighted by Crippen LogP contribution is 2.33. The van der Waals surface area contributed by atoms with Gasteiger partial charge in [0.15, 0.2) is 11.5 Å². The molecular formula is C26H33N3O4S. The third-order valence-electron chi connectivity index (χ3n) is 6.43. The number of nitrogens with zero attached hydrogens (tertiary/aromatic N) is 2.